The van der Waals surface area contributed by atoms with Gasteiger partial charge < -0.3 is 10.2 Å². The van der Waals surface area contributed by atoms with Gasteiger partial charge in [-0.2, -0.15) is 5.26 Å². The highest BCUT2D eigenvalue weighted by Gasteiger charge is 2.29. The summed E-state index contributed by atoms with van der Waals surface area (Å²) in [6.45, 7) is 9.12. The summed E-state index contributed by atoms with van der Waals surface area (Å²) in [5.74, 6) is 0.753. The van der Waals surface area contributed by atoms with Crippen LogP contribution in [0.15, 0.2) is 0 Å². The lowest BCUT2D eigenvalue weighted by Crippen LogP contribution is -2.42. The summed E-state index contributed by atoms with van der Waals surface area (Å²) in [6, 6.07) is 3.21. The summed E-state index contributed by atoms with van der Waals surface area (Å²) in [7, 11) is 1.90. The summed E-state index contributed by atoms with van der Waals surface area (Å²) in [4.78, 5) is 2.62. The Morgan fingerprint density at radius 1 is 1.50 bits per heavy atom. The SMILES string of the molecule is CCC(C#N)(CCCN1CCCC1C(C)C)NC. The second-order valence-corrected chi connectivity index (χ2v) is 5.89. The number of nitriles is 1. The molecular formula is C15H29N3. The second-order valence-electron chi connectivity index (χ2n) is 5.89. The van der Waals surface area contributed by atoms with E-state index in [9.17, 15) is 5.26 Å². The van der Waals surface area contributed by atoms with Gasteiger partial charge in [-0.3, -0.25) is 0 Å². The number of hydrogen-bond donors (Lipinski definition) is 1. The minimum Gasteiger partial charge on any atom is -0.302 e. The first kappa shape index (κ1) is 15.5. The second kappa shape index (κ2) is 7.11. The van der Waals surface area contributed by atoms with Crippen molar-refractivity contribution in [2.75, 3.05) is 20.1 Å². The molecule has 0 radical (unpaired) electrons. The fraction of sp³-hybridized carbons (Fsp3) is 0.933. The quantitative estimate of drug-likeness (QED) is 0.756. The molecule has 1 fully saturated rings. The van der Waals surface area contributed by atoms with Crippen LogP contribution in [0, 0.1) is 17.2 Å². The molecule has 2 unspecified atom stereocenters. The molecule has 3 nitrogen and oxygen atoms in total. The van der Waals surface area contributed by atoms with E-state index in [4.69, 9.17) is 0 Å². The van der Waals surface area contributed by atoms with Gasteiger partial charge in [0, 0.05) is 6.04 Å². The van der Waals surface area contributed by atoms with Crippen molar-refractivity contribution < 1.29 is 0 Å². The van der Waals surface area contributed by atoms with Crippen LogP contribution < -0.4 is 5.32 Å². The molecule has 0 amide bonds. The molecule has 1 rings (SSSR count). The third-order valence-corrected chi connectivity index (χ3v) is 4.53. The molecule has 18 heavy (non-hydrogen) atoms. The van der Waals surface area contributed by atoms with E-state index in [1.54, 1.807) is 0 Å². The average molecular weight is 251 g/mol. The van der Waals surface area contributed by atoms with E-state index in [-0.39, 0.29) is 5.54 Å². The molecule has 104 valence electrons. The van der Waals surface area contributed by atoms with Gasteiger partial charge in [-0.15, -0.1) is 0 Å². The molecule has 0 aromatic carbocycles. The Morgan fingerprint density at radius 2 is 2.22 bits per heavy atom. The fourth-order valence-corrected chi connectivity index (χ4v) is 3.14. The van der Waals surface area contributed by atoms with Crippen molar-refractivity contribution in [2.24, 2.45) is 5.92 Å². The molecule has 1 aliphatic rings. The Bertz CT molecular complexity index is 276. The van der Waals surface area contributed by atoms with E-state index >= 15 is 0 Å². The number of hydrogen-bond acceptors (Lipinski definition) is 3. The molecule has 3 heteroatoms. The Labute approximate surface area is 113 Å². The van der Waals surface area contributed by atoms with Crippen LogP contribution in [0.2, 0.25) is 0 Å². The monoisotopic (exact) mass is 251 g/mol. The van der Waals surface area contributed by atoms with Crippen molar-refractivity contribution in [2.45, 2.75) is 64.5 Å². The fourth-order valence-electron chi connectivity index (χ4n) is 3.14. The first-order valence-corrected chi connectivity index (χ1v) is 7.42. The Balaban J connectivity index is 2.39. The van der Waals surface area contributed by atoms with Gasteiger partial charge in [0.25, 0.3) is 0 Å². The molecule has 0 spiro atoms. The van der Waals surface area contributed by atoms with E-state index in [0.29, 0.717) is 0 Å². The highest BCUT2D eigenvalue weighted by molar-refractivity contribution is 5.05. The summed E-state index contributed by atoms with van der Waals surface area (Å²) in [5, 5.41) is 12.5. The summed E-state index contributed by atoms with van der Waals surface area (Å²) in [5.41, 5.74) is -0.312. The molecular weight excluding hydrogens is 222 g/mol. The third-order valence-electron chi connectivity index (χ3n) is 4.53. The molecule has 0 aromatic rings. The minimum atomic E-state index is -0.312. The lowest BCUT2D eigenvalue weighted by Gasteiger charge is -2.29. The first-order chi connectivity index (χ1) is 8.58. The van der Waals surface area contributed by atoms with Gasteiger partial charge in [0.15, 0.2) is 0 Å². The maximum absolute atomic E-state index is 9.28. The normalized spacial score (nSPS) is 24.1. The van der Waals surface area contributed by atoms with Crippen LogP contribution in [-0.2, 0) is 0 Å². The molecule has 1 heterocycles. The van der Waals surface area contributed by atoms with Crippen molar-refractivity contribution in [1.82, 2.24) is 10.2 Å². The highest BCUT2D eigenvalue weighted by atomic mass is 15.2. The number of rotatable bonds is 7. The predicted molar refractivity (Wildman–Crippen MR) is 76.4 cm³/mol. The van der Waals surface area contributed by atoms with Crippen molar-refractivity contribution in [3.8, 4) is 6.07 Å². The third kappa shape index (κ3) is 3.70. The van der Waals surface area contributed by atoms with Crippen LogP contribution in [0.25, 0.3) is 0 Å². The molecule has 2 atom stereocenters. The molecule has 1 saturated heterocycles. The van der Waals surface area contributed by atoms with Gasteiger partial charge in [0.2, 0.25) is 0 Å². The standard InChI is InChI=1S/C15H29N3/c1-5-15(12-16,17-4)9-7-11-18-10-6-8-14(18)13(2)3/h13-14,17H,5-11H2,1-4H3. The van der Waals surface area contributed by atoms with Crippen LogP contribution in [0.1, 0.15) is 52.9 Å². The zero-order valence-corrected chi connectivity index (χ0v) is 12.5. The predicted octanol–water partition coefficient (Wildman–Crippen LogP) is 2.78. The van der Waals surface area contributed by atoms with Crippen LogP contribution >= 0.6 is 0 Å². The van der Waals surface area contributed by atoms with Crippen molar-refractivity contribution in [1.29, 1.82) is 5.26 Å². The number of nitrogens with one attached hydrogen (secondary N) is 1. The van der Waals surface area contributed by atoms with Crippen molar-refractivity contribution in [3.63, 3.8) is 0 Å². The minimum absolute atomic E-state index is 0.312. The largest absolute Gasteiger partial charge is 0.302 e. The molecule has 1 aliphatic heterocycles. The van der Waals surface area contributed by atoms with E-state index < -0.39 is 0 Å². The van der Waals surface area contributed by atoms with Crippen LogP contribution in [-0.4, -0.2) is 36.6 Å². The molecule has 0 aliphatic carbocycles. The van der Waals surface area contributed by atoms with E-state index in [1.165, 1.54) is 19.4 Å². The van der Waals surface area contributed by atoms with Gasteiger partial charge in [-0.1, -0.05) is 20.8 Å². The maximum atomic E-state index is 9.28. The molecule has 0 bridgehead atoms. The van der Waals surface area contributed by atoms with Crippen molar-refractivity contribution in [3.05, 3.63) is 0 Å². The highest BCUT2D eigenvalue weighted by Crippen LogP contribution is 2.25. The molecule has 0 saturated carbocycles. The number of nitrogens with zero attached hydrogens (tertiary/aromatic N) is 2. The molecule has 0 aromatic heterocycles. The Hall–Kier alpha value is -0.590. The van der Waals surface area contributed by atoms with Gasteiger partial charge >= 0.3 is 0 Å². The van der Waals surface area contributed by atoms with E-state index in [1.807, 2.05) is 7.05 Å². The Kier molecular flexibility index (Phi) is 6.11. The summed E-state index contributed by atoms with van der Waals surface area (Å²) < 4.78 is 0. The zero-order valence-electron chi connectivity index (χ0n) is 12.5. The zero-order chi connectivity index (χ0) is 13.6. The smallest absolute Gasteiger partial charge is 0.106 e. The number of likely N-dealkylation sites (tertiary alicyclic amines) is 1. The summed E-state index contributed by atoms with van der Waals surface area (Å²) >= 11 is 0. The molecule has 1 N–H and O–H groups in total. The van der Waals surface area contributed by atoms with Crippen LogP contribution in [0.3, 0.4) is 0 Å². The van der Waals surface area contributed by atoms with Gasteiger partial charge in [-0.05, 0) is 58.2 Å². The first-order valence-electron chi connectivity index (χ1n) is 7.42. The Morgan fingerprint density at radius 3 is 2.72 bits per heavy atom. The van der Waals surface area contributed by atoms with Gasteiger partial charge in [0.1, 0.15) is 5.54 Å². The van der Waals surface area contributed by atoms with Crippen LogP contribution in [0.4, 0.5) is 0 Å². The maximum Gasteiger partial charge on any atom is 0.106 e. The van der Waals surface area contributed by atoms with Gasteiger partial charge in [0.05, 0.1) is 6.07 Å². The topological polar surface area (TPSA) is 39.1 Å². The van der Waals surface area contributed by atoms with E-state index in [2.05, 4.69) is 37.1 Å². The van der Waals surface area contributed by atoms with Gasteiger partial charge in [-0.25, -0.2) is 0 Å². The van der Waals surface area contributed by atoms with E-state index in [0.717, 1.165) is 37.8 Å². The lowest BCUT2D eigenvalue weighted by molar-refractivity contribution is 0.197. The summed E-state index contributed by atoms with van der Waals surface area (Å²) in [6.07, 6.45) is 5.64. The van der Waals surface area contributed by atoms with Crippen molar-refractivity contribution >= 4 is 0 Å². The van der Waals surface area contributed by atoms with Crippen LogP contribution in [0.5, 0.6) is 0 Å². The lowest BCUT2D eigenvalue weighted by atomic mass is 9.92. The average Bonchev–Trinajstić information content (AvgIpc) is 2.84.